The third kappa shape index (κ3) is 3.77. The van der Waals surface area contributed by atoms with Crippen LogP contribution < -0.4 is 17.0 Å². The predicted octanol–water partition coefficient (Wildman–Crippen LogP) is 1.76. The molecule has 27 heavy (non-hydrogen) atoms. The molecular weight excluding hydrogens is 366 g/mol. The molecule has 0 amide bonds. The van der Waals surface area contributed by atoms with Crippen LogP contribution >= 0.6 is 11.8 Å². The van der Waals surface area contributed by atoms with Crippen molar-refractivity contribution in [1.29, 1.82) is 0 Å². The zero-order chi connectivity index (χ0) is 19.6. The van der Waals surface area contributed by atoms with Crippen molar-refractivity contribution in [3.8, 4) is 0 Å². The van der Waals surface area contributed by atoms with Crippen molar-refractivity contribution in [3.05, 3.63) is 56.5 Å². The molecule has 0 unspecified atom stereocenters. The van der Waals surface area contributed by atoms with Gasteiger partial charge in [0.1, 0.15) is 22.2 Å². The van der Waals surface area contributed by atoms with Gasteiger partial charge in [-0.2, -0.15) is 0 Å². The average Bonchev–Trinajstić information content (AvgIpc) is 2.62. The third-order valence-corrected chi connectivity index (χ3v) is 4.98. The molecule has 1 aromatic carbocycles. The number of thioether (sulfide) groups is 1. The number of nitrogens with two attached hydrogens (primary N) is 1. The molecule has 0 spiro atoms. The topological polar surface area (TPSA) is 124 Å². The van der Waals surface area contributed by atoms with Crippen molar-refractivity contribution in [2.75, 3.05) is 11.5 Å². The van der Waals surface area contributed by atoms with Gasteiger partial charge in [0.05, 0.1) is 11.3 Å². The van der Waals surface area contributed by atoms with Crippen molar-refractivity contribution in [2.45, 2.75) is 31.8 Å². The lowest BCUT2D eigenvalue weighted by Crippen LogP contribution is -2.36. The van der Waals surface area contributed by atoms with Gasteiger partial charge in [-0.25, -0.2) is 14.8 Å². The molecule has 0 atom stereocenters. The first kappa shape index (κ1) is 18.8. The molecule has 0 saturated heterocycles. The minimum Gasteiger partial charge on any atom is -0.384 e. The van der Waals surface area contributed by atoms with Crippen LogP contribution in [0.4, 0.5) is 5.82 Å². The molecule has 0 fully saturated rings. The Morgan fingerprint density at radius 1 is 1.26 bits per heavy atom. The molecule has 3 N–H and O–H groups in total. The zero-order valence-electron chi connectivity index (χ0n) is 15.0. The SMILES string of the molecule is CCCn1c(N)c(C(=O)CSc2nc(C)nc3ccccc23)c(=O)[nH]c1=O. The van der Waals surface area contributed by atoms with Crippen molar-refractivity contribution in [1.82, 2.24) is 19.5 Å². The monoisotopic (exact) mass is 385 g/mol. The van der Waals surface area contributed by atoms with E-state index < -0.39 is 17.0 Å². The summed E-state index contributed by atoms with van der Waals surface area (Å²) < 4.78 is 1.21. The fraction of sp³-hybridized carbons (Fsp3) is 0.278. The molecule has 9 heteroatoms. The summed E-state index contributed by atoms with van der Waals surface area (Å²) in [6, 6.07) is 7.51. The van der Waals surface area contributed by atoms with E-state index in [1.54, 1.807) is 6.92 Å². The molecule has 0 aliphatic rings. The maximum Gasteiger partial charge on any atom is 0.329 e. The van der Waals surface area contributed by atoms with Gasteiger partial charge in [0, 0.05) is 11.9 Å². The second-order valence-electron chi connectivity index (χ2n) is 5.98. The van der Waals surface area contributed by atoms with Gasteiger partial charge in [-0.05, 0) is 19.4 Å². The molecule has 3 rings (SSSR count). The Hall–Kier alpha value is -2.94. The first-order valence-electron chi connectivity index (χ1n) is 8.44. The number of carbonyl (C=O) groups excluding carboxylic acids is 1. The van der Waals surface area contributed by atoms with E-state index >= 15 is 0 Å². The molecular formula is C18H19N5O3S. The Morgan fingerprint density at radius 2 is 2.00 bits per heavy atom. The smallest absolute Gasteiger partial charge is 0.329 e. The molecule has 0 bridgehead atoms. The molecule has 2 heterocycles. The number of nitrogen functional groups attached to an aromatic ring is 1. The lowest BCUT2D eigenvalue weighted by Gasteiger charge is -2.11. The van der Waals surface area contributed by atoms with Crippen molar-refractivity contribution in [3.63, 3.8) is 0 Å². The predicted molar refractivity (Wildman–Crippen MR) is 105 cm³/mol. The Labute approximate surface area is 158 Å². The number of nitrogens with one attached hydrogen (secondary N) is 1. The van der Waals surface area contributed by atoms with E-state index in [0.717, 1.165) is 10.9 Å². The van der Waals surface area contributed by atoms with Crippen LogP contribution in [0.15, 0.2) is 38.9 Å². The number of anilines is 1. The van der Waals surface area contributed by atoms with Gasteiger partial charge in [0.25, 0.3) is 5.56 Å². The standard InChI is InChI=1S/C18H19N5O3S/c1-3-8-23-15(19)14(16(25)22-18(23)26)13(24)9-27-17-11-6-4-5-7-12(11)20-10(2)21-17/h4-7H,3,8-9,19H2,1-2H3,(H,22,25,26). The van der Waals surface area contributed by atoms with Crippen LogP contribution in [-0.2, 0) is 6.54 Å². The van der Waals surface area contributed by atoms with E-state index in [1.165, 1.54) is 16.3 Å². The summed E-state index contributed by atoms with van der Waals surface area (Å²) >= 11 is 1.21. The summed E-state index contributed by atoms with van der Waals surface area (Å²) in [4.78, 5) is 47.6. The second kappa shape index (κ2) is 7.75. The number of aryl methyl sites for hydroxylation is 1. The summed E-state index contributed by atoms with van der Waals surface area (Å²) in [7, 11) is 0. The van der Waals surface area contributed by atoms with E-state index in [9.17, 15) is 14.4 Å². The number of para-hydroxylation sites is 1. The first-order chi connectivity index (χ1) is 12.9. The van der Waals surface area contributed by atoms with Crippen LogP contribution in [0.1, 0.15) is 29.5 Å². The number of aromatic amines is 1. The maximum absolute atomic E-state index is 12.7. The van der Waals surface area contributed by atoms with Crippen LogP contribution in [-0.4, -0.2) is 31.1 Å². The van der Waals surface area contributed by atoms with Crippen LogP contribution in [0.3, 0.4) is 0 Å². The minimum atomic E-state index is -0.765. The highest BCUT2D eigenvalue weighted by Gasteiger charge is 2.20. The Balaban J connectivity index is 1.93. The molecule has 2 aromatic heterocycles. The highest BCUT2D eigenvalue weighted by molar-refractivity contribution is 8.00. The Bertz CT molecular complexity index is 1140. The molecule has 3 aromatic rings. The van der Waals surface area contributed by atoms with Gasteiger partial charge in [-0.1, -0.05) is 36.9 Å². The number of fused-ring (bicyclic) bond motifs is 1. The molecule has 0 aliphatic heterocycles. The average molecular weight is 385 g/mol. The van der Waals surface area contributed by atoms with E-state index in [0.29, 0.717) is 23.8 Å². The number of hydrogen-bond donors (Lipinski definition) is 2. The number of aromatic nitrogens is 4. The molecule has 140 valence electrons. The van der Waals surface area contributed by atoms with Crippen molar-refractivity contribution >= 4 is 34.3 Å². The van der Waals surface area contributed by atoms with Gasteiger partial charge in [-0.3, -0.25) is 19.1 Å². The largest absolute Gasteiger partial charge is 0.384 e. The quantitative estimate of drug-likeness (QED) is 0.376. The number of Topliss-reactive ketones (excluding diaryl/α,β-unsaturated/α-hetero) is 1. The molecule has 0 radical (unpaired) electrons. The number of hydrogen-bond acceptors (Lipinski definition) is 7. The van der Waals surface area contributed by atoms with E-state index in [-0.39, 0.29) is 17.1 Å². The third-order valence-electron chi connectivity index (χ3n) is 3.99. The van der Waals surface area contributed by atoms with Crippen LogP contribution in [0.25, 0.3) is 10.9 Å². The van der Waals surface area contributed by atoms with Crippen molar-refractivity contribution < 1.29 is 4.79 Å². The second-order valence-corrected chi connectivity index (χ2v) is 6.94. The summed E-state index contributed by atoms with van der Waals surface area (Å²) in [5.41, 5.74) is 5.16. The summed E-state index contributed by atoms with van der Waals surface area (Å²) in [5.74, 6) is 0.0132. The van der Waals surface area contributed by atoms with Crippen molar-refractivity contribution in [2.24, 2.45) is 0 Å². The number of benzene rings is 1. The molecule has 8 nitrogen and oxygen atoms in total. The first-order valence-corrected chi connectivity index (χ1v) is 9.43. The number of nitrogens with zero attached hydrogens (tertiary/aromatic N) is 3. The lowest BCUT2D eigenvalue weighted by atomic mass is 10.2. The number of carbonyl (C=O) groups is 1. The van der Waals surface area contributed by atoms with Gasteiger partial charge in [0.15, 0.2) is 5.78 Å². The summed E-state index contributed by atoms with van der Waals surface area (Å²) in [5, 5.41) is 1.49. The highest BCUT2D eigenvalue weighted by Crippen LogP contribution is 2.26. The number of H-pyrrole nitrogens is 1. The van der Waals surface area contributed by atoms with E-state index in [4.69, 9.17) is 5.73 Å². The van der Waals surface area contributed by atoms with Gasteiger partial charge in [0.2, 0.25) is 0 Å². The summed E-state index contributed by atoms with van der Waals surface area (Å²) in [6.45, 7) is 3.98. The normalized spacial score (nSPS) is 11.0. The highest BCUT2D eigenvalue weighted by atomic mass is 32.2. The van der Waals surface area contributed by atoms with E-state index in [1.807, 2.05) is 31.2 Å². The molecule has 0 saturated carbocycles. The summed E-state index contributed by atoms with van der Waals surface area (Å²) in [6.07, 6.45) is 0.644. The fourth-order valence-corrected chi connectivity index (χ4v) is 3.71. The van der Waals surface area contributed by atoms with E-state index in [2.05, 4.69) is 15.0 Å². The fourth-order valence-electron chi connectivity index (χ4n) is 2.78. The Morgan fingerprint density at radius 3 is 2.74 bits per heavy atom. The maximum atomic E-state index is 12.7. The lowest BCUT2D eigenvalue weighted by molar-refractivity contribution is 0.102. The van der Waals surface area contributed by atoms with Gasteiger partial charge >= 0.3 is 5.69 Å². The van der Waals surface area contributed by atoms with Gasteiger partial charge in [-0.15, -0.1) is 0 Å². The number of ketones is 1. The Kier molecular flexibility index (Phi) is 5.41. The van der Waals surface area contributed by atoms with Gasteiger partial charge < -0.3 is 5.73 Å². The van der Waals surface area contributed by atoms with Crippen LogP contribution in [0.5, 0.6) is 0 Å². The van der Waals surface area contributed by atoms with Crippen LogP contribution in [0.2, 0.25) is 0 Å². The van der Waals surface area contributed by atoms with Crippen LogP contribution in [0, 0.1) is 6.92 Å². The minimum absolute atomic E-state index is 0.0297. The number of rotatable bonds is 6. The zero-order valence-corrected chi connectivity index (χ0v) is 15.8. The molecule has 0 aliphatic carbocycles.